The van der Waals surface area contributed by atoms with Crippen LogP contribution in [0.25, 0.3) is 10.8 Å². The van der Waals surface area contributed by atoms with Gasteiger partial charge in [0.15, 0.2) is 0 Å². The standard InChI is InChI=1S/C30H33N3O3/c1-21(29(35)31-24-14-5-6-15-24)33(20-22-10-3-2-4-11-22)27(34)18-9-19-32-26-17-8-13-23-12-7-16-25(28(23)26)30(32)36/h2-4,7-8,10-13,16-17,21,24H,5-6,9,14-15,18-20H2,1H3,(H,31,35)/t21-/m0/s1. The van der Waals surface area contributed by atoms with Crippen LogP contribution in [0.3, 0.4) is 0 Å². The fourth-order valence-corrected chi connectivity index (χ4v) is 5.49. The molecule has 2 aliphatic rings. The van der Waals surface area contributed by atoms with Crippen molar-refractivity contribution in [1.29, 1.82) is 0 Å². The van der Waals surface area contributed by atoms with Gasteiger partial charge in [0, 0.05) is 36.5 Å². The van der Waals surface area contributed by atoms with Crippen LogP contribution in [0.2, 0.25) is 0 Å². The molecule has 1 atom stereocenters. The fourth-order valence-electron chi connectivity index (χ4n) is 5.49. The average Bonchev–Trinajstić information content (AvgIpc) is 3.51. The van der Waals surface area contributed by atoms with E-state index in [0.717, 1.165) is 53.3 Å². The Morgan fingerprint density at radius 2 is 1.72 bits per heavy atom. The molecule has 1 N–H and O–H groups in total. The number of hydrogen-bond donors (Lipinski definition) is 1. The maximum absolute atomic E-state index is 13.4. The minimum absolute atomic E-state index is 0.0142. The topological polar surface area (TPSA) is 69.7 Å². The predicted octanol–water partition coefficient (Wildman–Crippen LogP) is 5.06. The van der Waals surface area contributed by atoms with Gasteiger partial charge in [0.2, 0.25) is 11.8 Å². The second kappa shape index (κ2) is 10.5. The minimum atomic E-state index is -0.565. The highest BCUT2D eigenvalue weighted by molar-refractivity contribution is 6.25. The van der Waals surface area contributed by atoms with Crippen LogP contribution in [0.1, 0.15) is 61.4 Å². The summed E-state index contributed by atoms with van der Waals surface area (Å²) in [5.74, 6) is -0.182. The second-order valence-corrected chi connectivity index (χ2v) is 9.91. The molecule has 1 saturated carbocycles. The Morgan fingerprint density at radius 3 is 2.47 bits per heavy atom. The number of rotatable bonds is 9. The van der Waals surface area contributed by atoms with Gasteiger partial charge in [0.25, 0.3) is 5.91 Å². The summed E-state index contributed by atoms with van der Waals surface area (Å²) in [5, 5.41) is 5.18. The molecular weight excluding hydrogens is 450 g/mol. The van der Waals surface area contributed by atoms with Crippen molar-refractivity contribution in [2.75, 3.05) is 11.4 Å². The Morgan fingerprint density at radius 1 is 1.00 bits per heavy atom. The first-order chi connectivity index (χ1) is 17.5. The summed E-state index contributed by atoms with van der Waals surface area (Å²) in [5.41, 5.74) is 2.62. The number of nitrogens with one attached hydrogen (secondary N) is 1. The summed E-state index contributed by atoms with van der Waals surface area (Å²) in [7, 11) is 0. The van der Waals surface area contributed by atoms with Crippen molar-refractivity contribution in [3.8, 4) is 0 Å². The lowest BCUT2D eigenvalue weighted by atomic mass is 10.1. The van der Waals surface area contributed by atoms with Crippen molar-refractivity contribution in [3.63, 3.8) is 0 Å². The van der Waals surface area contributed by atoms with Crippen LogP contribution in [-0.4, -0.2) is 41.2 Å². The number of amides is 3. The van der Waals surface area contributed by atoms with Gasteiger partial charge < -0.3 is 15.1 Å². The molecule has 1 heterocycles. The molecular formula is C30H33N3O3. The van der Waals surface area contributed by atoms with Crippen molar-refractivity contribution < 1.29 is 14.4 Å². The first kappa shape index (κ1) is 24.0. The highest BCUT2D eigenvalue weighted by Crippen LogP contribution is 2.37. The smallest absolute Gasteiger partial charge is 0.258 e. The Balaban J connectivity index is 1.26. The number of hydrogen-bond acceptors (Lipinski definition) is 3. The zero-order valence-electron chi connectivity index (χ0n) is 20.8. The molecule has 3 amide bonds. The van der Waals surface area contributed by atoms with Crippen LogP contribution in [0.15, 0.2) is 66.7 Å². The number of benzene rings is 3. The van der Waals surface area contributed by atoms with Crippen molar-refractivity contribution in [1.82, 2.24) is 10.2 Å². The fraction of sp³-hybridized carbons (Fsp3) is 0.367. The van der Waals surface area contributed by atoms with Gasteiger partial charge in [0.1, 0.15) is 6.04 Å². The molecule has 0 aromatic heterocycles. The molecule has 1 aliphatic heterocycles. The molecule has 0 bridgehead atoms. The highest BCUT2D eigenvalue weighted by atomic mass is 16.2. The van der Waals surface area contributed by atoms with Crippen LogP contribution in [0.5, 0.6) is 0 Å². The molecule has 3 aromatic carbocycles. The van der Waals surface area contributed by atoms with Crippen LogP contribution < -0.4 is 10.2 Å². The molecule has 1 fully saturated rings. The second-order valence-electron chi connectivity index (χ2n) is 9.91. The van der Waals surface area contributed by atoms with Gasteiger partial charge in [-0.2, -0.15) is 0 Å². The highest BCUT2D eigenvalue weighted by Gasteiger charge is 2.31. The van der Waals surface area contributed by atoms with Crippen molar-refractivity contribution in [2.45, 2.75) is 64.1 Å². The monoisotopic (exact) mass is 483 g/mol. The summed E-state index contributed by atoms with van der Waals surface area (Å²) >= 11 is 0. The molecule has 0 radical (unpaired) electrons. The van der Waals surface area contributed by atoms with Gasteiger partial charge >= 0.3 is 0 Å². The Hall–Kier alpha value is -3.67. The zero-order valence-corrected chi connectivity index (χ0v) is 20.8. The van der Waals surface area contributed by atoms with Gasteiger partial charge in [-0.15, -0.1) is 0 Å². The summed E-state index contributed by atoms with van der Waals surface area (Å²) in [6, 6.07) is 21.2. The normalized spacial score (nSPS) is 15.9. The van der Waals surface area contributed by atoms with Gasteiger partial charge in [-0.05, 0) is 49.3 Å². The quantitative estimate of drug-likeness (QED) is 0.463. The van der Waals surface area contributed by atoms with Crippen molar-refractivity contribution in [2.24, 2.45) is 0 Å². The molecule has 5 rings (SSSR count). The Labute approximate surface area is 212 Å². The van der Waals surface area contributed by atoms with Gasteiger partial charge in [-0.1, -0.05) is 67.4 Å². The predicted molar refractivity (Wildman–Crippen MR) is 142 cm³/mol. The average molecular weight is 484 g/mol. The summed E-state index contributed by atoms with van der Waals surface area (Å²) in [4.78, 5) is 43.0. The third-order valence-electron chi connectivity index (χ3n) is 7.49. The Bertz CT molecular complexity index is 1260. The first-order valence-electron chi connectivity index (χ1n) is 13.0. The maximum Gasteiger partial charge on any atom is 0.258 e. The summed E-state index contributed by atoms with van der Waals surface area (Å²) < 4.78 is 0. The number of nitrogens with zero attached hydrogens (tertiary/aromatic N) is 2. The van der Waals surface area contributed by atoms with E-state index in [4.69, 9.17) is 0 Å². The van der Waals surface area contributed by atoms with E-state index in [9.17, 15) is 14.4 Å². The zero-order chi connectivity index (χ0) is 25.1. The minimum Gasteiger partial charge on any atom is -0.352 e. The van der Waals surface area contributed by atoms with Crippen LogP contribution in [0.4, 0.5) is 5.69 Å². The van der Waals surface area contributed by atoms with Gasteiger partial charge in [-0.3, -0.25) is 14.4 Å². The van der Waals surface area contributed by atoms with E-state index in [1.165, 1.54) is 0 Å². The first-order valence-corrected chi connectivity index (χ1v) is 13.0. The van der Waals surface area contributed by atoms with E-state index >= 15 is 0 Å². The molecule has 6 nitrogen and oxygen atoms in total. The molecule has 0 saturated heterocycles. The third-order valence-corrected chi connectivity index (χ3v) is 7.49. The van der Waals surface area contributed by atoms with E-state index in [0.29, 0.717) is 19.5 Å². The number of carbonyl (C=O) groups is 3. The van der Waals surface area contributed by atoms with Gasteiger partial charge in [-0.25, -0.2) is 0 Å². The van der Waals surface area contributed by atoms with E-state index in [1.54, 1.807) is 9.80 Å². The Kier molecular flexibility index (Phi) is 7.03. The van der Waals surface area contributed by atoms with Gasteiger partial charge in [0.05, 0.1) is 5.69 Å². The van der Waals surface area contributed by atoms with E-state index in [1.807, 2.05) is 73.7 Å². The SMILES string of the molecule is C[C@@H](C(=O)NC1CCCC1)N(Cc1ccccc1)C(=O)CCCN1C(=O)c2cccc3cccc1c23. The van der Waals surface area contributed by atoms with Crippen molar-refractivity contribution >= 4 is 34.2 Å². The number of anilines is 1. The molecule has 0 unspecified atom stereocenters. The van der Waals surface area contributed by atoms with Crippen LogP contribution in [0, 0.1) is 0 Å². The van der Waals surface area contributed by atoms with Crippen molar-refractivity contribution in [3.05, 3.63) is 77.9 Å². The van der Waals surface area contributed by atoms with Crippen LogP contribution >= 0.6 is 0 Å². The summed E-state index contributed by atoms with van der Waals surface area (Å²) in [6.45, 7) is 2.65. The molecule has 36 heavy (non-hydrogen) atoms. The van der Waals surface area contributed by atoms with E-state index < -0.39 is 6.04 Å². The van der Waals surface area contributed by atoms with E-state index in [2.05, 4.69) is 5.32 Å². The maximum atomic E-state index is 13.4. The lowest BCUT2D eigenvalue weighted by Gasteiger charge is -2.30. The molecule has 0 spiro atoms. The third kappa shape index (κ3) is 4.85. The summed E-state index contributed by atoms with van der Waals surface area (Å²) in [6.07, 6.45) is 5.08. The molecule has 1 aliphatic carbocycles. The van der Waals surface area contributed by atoms with E-state index in [-0.39, 0.29) is 30.2 Å². The van der Waals surface area contributed by atoms with Crippen LogP contribution in [-0.2, 0) is 16.1 Å². The molecule has 6 heteroatoms. The number of carbonyl (C=O) groups excluding carboxylic acids is 3. The lowest BCUT2D eigenvalue weighted by molar-refractivity contribution is -0.141. The lowest BCUT2D eigenvalue weighted by Crippen LogP contribution is -2.49. The largest absolute Gasteiger partial charge is 0.352 e. The molecule has 186 valence electrons. The molecule has 3 aromatic rings.